The summed E-state index contributed by atoms with van der Waals surface area (Å²) in [6.07, 6.45) is 1.47. The van der Waals surface area contributed by atoms with Gasteiger partial charge in [0.05, 0.1) is 18.4 Å². The quantitative estimate of drug-likeness (QED) is 0.576. The second-order valence-electron chi connectivity index (χ2n) is 2.38. The number of hydrogen-bond acceptors (Lipinski definition) is 3. The third-order valence-electron chi connectivity index (χ3n) is 1.50. The van der Waals surface area contributed by atoms with Crippen molar-refractivity contribution in [1.82, 2.24) is 4.98 Å². The highest BCUT2D eigenvalue weighted by Gasteiger charge is 2.13. The second kappa shape index (κ2) is 5.23. The van der Waals surface area contributed by atoms with Crippen LogP contribution in [0, 0.1) is 0 Å². The molecule has 76 valence electrons. The lowest BCUT2D eigenvalue weighted by atomic mass is 10.2. The van der Waals surface area contributed by atoms with Crippen LogP contribution in [0.1, 0.15) is 19.8 Å². The summed E-state index contributed by atoms with van der Waals surface area (Å²) < 4.78 is 5.27. The van der Waals surface area contributed by atoms with Gasteiger partial charge in [0.15, 0.2) is 0 Å². The molecule has 0 unspecified atom stereocenters. The van der Waals surface area contributed by atoms with Crippen LogP contribution in [-0.2, 0) is 4.74 Å². The Morgan fingerprint density at radius 1 is 1.57 bits per heavy atom. The highest BCUT2D eigenvalue weighted by Crippen LogP contribution is 2.32. The van der Waals surface area contributed by atoms with Gasteiger partial charge in [0.1, 0.15) is 3.74 Å². The fourth-order valence-electron chi connectivity index (χ4n) is 0.839. The van der Waals surface area contributed by atoms with Gasteiger partial charge in [-0.15, -0.1) is 0 Å². The molecule has 1 heterocycles. The van der Waals surface area contributed by atoms with Crippen molar-refractivity contribution in [2.75, 3.05) is 7.11 Å². The van der Waals surface area contributed by atoms with Crippen LogP contribution in [0.2, 0.25) is 0 Å². The first-order valence-corrected chi connectivity index (χ1v) is 6.20. The smallest absolute Gasteiger partial charge is 0.339 e. The number of carbonyl (C=O) groups is 1. The van der Waals surface area contributed by atoms with Crippen LogP contribution in [0.3, 0.4) is 0 Å². The van der Waals surface area contributed by atoms with Crippen molar-refractivity contribution < 1.29 is 9.53 Å². The number of alkyl halides is 2. The van der Waals surface area contributed by atoms with Crippen LogP contribution in [0.5, 0.6) is 0 Å². The lowest BCUT2D eigenvalue weighted by Gasteiger charge is -2.05. The number of nitrogens with zero attached hydrogens (tertiary/aromatic N) is 1. The fraction of sp³-hybridized carbons (Fsp3) is 0.250. The Balaban J connectivity index is 3.06. The molecule has 3 nitrogen and oxygen atoms in total. The summed E-state index contributed by atoms with van der Waals surface area (Å²) in [5.41, 5.74) is 1.20. The zero-order chi connectivity index (χ0) is 10.7. The van der Waals surface area contributed by atoms with Crippen molar-refractivity contribution >= 4 is 53.8 Å². The van der Waals surface area contributed by atoms with Crippen molar-refractivity contribution in [2.24, 2.45) is 0 Å². The molecule has 0 aliphatic carbocycles. The van der Waals surface area contributed by atoms with E-state index < -0.39 is 5.97 Å². The summed E-state index contributed by atoms with van der Waals surface area (Å²) in [6.45, 7) is 0. The van der Waals surface area contributed by atoms with Gasteiger partial charge in [0.25, 0.3) is 0 Å². The van der Waals surface area contributed by atoms with Crippen molar-refractivity contribution in [3.63, 3.8) is 0 Å². The number of methoxy groups -OCH3 is 1. The van der Waals surface area contributed by atoms with E-state index in [0.29, 0.717) is 5.56 Å². The summed E-state index contributed by atoms with van der Waals surface area (Å²) in [7, 11) is 1.34. The Morgan fingerprint density at radius 2 is 2.21 bits per heavy atom. The number of pyridine rings is 1. The van der Waals surface area contributed by atoms with E-state index in [9.17, 15) is 4.79 Å². The summed E-state index contributed by atoms with van der Waals surface area (Å²) in [5.74, 6) is -0.398. The second-order valence-corrected chi connectivity index (χ2v) is 6.30. The van der Waals surface area contributed by atoms with Gasteiger partial charge < -0.3 is 4.74 Å². The summed E-state index contributed by atoms with van der Waals surface area (Å²) in [6, 6.07) is 1.67. The normalized spacial score (nSPS) is 10.4. The predicted molar refractivity (Wildman–Crippen MR) is 63.9 cm³/mol. The monoisotopic (exact) mass is 385 g/mol. The zero-order valence-electron chi connectivity index (χ0n) is 7.13. The zero-order valence-corrected chi connectivity index (χ0v) is 11.9. The fourth-order valence-corrected chi connectivity index (χ4v) is 2.76. The third kappa shape index (κ3) is 2.77. The van der Waals surface area contributed by atoms with E-state index in [-0.39, 0.29) is 3.74 Å². The van der Waals surface area contributed by atoms with E-state index in [2.05, 4.69) is 57.5 Å². The maximum absolute atomic E-state index is 11.1. The van der Waals surface area contributed by atoms with Gasteiger partial charge in [0.2, 0.25) is 0 Å². The summed E-state index contributed by atoms with van der Waals surface area (Å²) in [4.78, 5) is 15.2. The highest BCUT2D eigenvalue weighted by molar-refractivity contribution is 9.24. The minimum atomic E-state index is -0.398. The molecule has 0 N–H and O–H groups in total. The molecule has 0 saturated carbocycles. The van der Waals surface area contributed by atoms with Gasteiger partial charge in [0, 0.05) is 10.7 Å². The molecule has 0 aromatic carbocycles. The predicted octanol–water partition coefficient (Wildman–Crippen LogP) is 3.42. The molecule has 1 aromatic heterocycles. The van der Waals surface area contributed by atoms with Gasteiger partial charge in [-0.25, -0.2) is 4.79 Å². The minimum Gasteiger partial charge on any atom is -0.465 e. The number of halogens is 3. The first-order chi connectivity index (χ1) is 6.56. The molecule has 6 heteroatoms. The van der Waals surface area contributed by atoms with Crippen molar-refractivity contribution in [2.45, 2.75) is 3.74 Å². The van der Waals surface area contributed by atoms with Gasteiger partial charge in [-0.05, 0) is 22.0 Å². The number of esters is 1. The molecular weight excluding hydrogens is 382 g/mol. The highest BCUT2D eigenvalue weighted by atomic mass is 79.9. The molecule has 0 aliphatic heterocycles. The SMILES string of the molecule is COC(=O)c1cnc(C(Br)Br)c(Br)c1. The minimum absolute atomic E-state index is 0.0453. The molecule has 0 aliphatic rings. The lowest BCUT2D eigenvalue weighted by Crippen LogP contribution is -2.03. The molecule has 0 fully saturated rings. The Hall–Kier alpha value is 0.0600. The lowest BCUT2D eigenvalue weighted by molar-refractivity contribution is 0.0600. The van der Waals surface area contributed by atoms with Crippen LogP contribution in [0.15, 0.2) is 16.7 Å². The van der Waals surface area contributed by atoms with Gasteiger partial charge in [-0.1, -0.05) is 31.9 Å². The third-order valence-corrected chi connectivity index (χ3v) is 3.00. The van der Waals surface area contributed by atoms with Crippen molar-refractivity contribution in [3.05, 3.63) is 28.0 Å². The standard InChI is InChI=1S/C8H6Br3NO2/c1-14-8(13)4-2-5(9)6(7(10)11)12-3-4/h2-3,7H,1H3. The van der Waals surface area contributed by atoms with Crippen LogP contribution in [0.25, 0.3) is 0 Å². The number of rotatable bonds is 2. The molecule has 0 spiro atoms. The number of ether oxygens (including phenoxy) is 1. The van der Waals surface area contributed by atoms with E-state index >= 15 is 0 Å². The maximum atomic E-state index is 11.1. The number of carbonyl (C=O) groups excluding carboxylic acids is 1. The Kier molecular flexibility index (Phi) is 4.53. The Labute approximate surface area is 107 Å². The molecule has 0 bridgehead atoms. The molecule has 0 amide bonds. The molecule has 0 atom stereocenters. The largest absolute Gasteiger partial charge is 0.465 e. The average molecular weight is 388 g/mol. The first kappa shape index (κ1) is 12.1. The molecule has 14 heavy (non-hydrogen) atoms. The van der Waals surface area contributed by atoms with Crippen LogP contribution in [0.4, 0.5) is 0 Å². The topological polar surface area (TPSA) is 39.2 Å². The van der Waals surface area contributed by atoms with E-state index in [1.54, 1.807) is 6.07 Å². The van der Waals surface area contributed by atoms with E-state index in [0.717, 1.165) is 10.2 Å². The van der Waals surface area contributed by atoms with Crippen LogP contribution >= 0.6 is 47.8 Å². The van der Waals surface area contributed by atoms with Crippen molar-refractivity contribution in [3.8, 4) is 0 Å². The van der Waals surface area contributed by atoms with Gasteiger partial charge in [-0.3, -0.25) is 4.98 Å². The average Bonchev–Trinajstić information content (AvgIpc) is 2.15. The molecule has 1 rings (SSSR count). The first-order valence-electron chi connectivity index (χ1n) is 3.58. The Morgan fingerprint density at radius 3 is 2.64 bits per heavy atom. The molecule has 0 saturated heterocycles. The number of aromatic nitrogens is 1. The van der Waals surface area contributed by atoms with E-state index in [1.807, 2.05) is 0 Å². The van der Waals surface area contributed by atoms with E-state index in [4.69, 9.17) is 0 Å². The van der Waals surface area contributed by atoms with Crippen LogP contribution < -0.4 is 0 Å². The van der Waals surface area contributed by atoms with Crippen molar-refractivity contribution in [1.29, 1.82) is 0 Å². The van der Waals surface area contributed by atoms with Gasteiger partial charge >= 0.3 is 5.97 Å². The van der Waals surface area contributed by atoms with E-state index in [1.165, 1.54) is 13.3 Å². The summed E-state index contributed by atoms with van der Waals surface area (Å²) in [5, 5.41) is 0. The van der Waals surface area contributed by atoms with Gasteiger partial charge in [-0.2, -0.15) is 0 Å². The summed E-state index contributed by atoms with van der Waals surface area (Å²) >= 11 is 9.95. The number of hydrogen-bond donors (Lipinski definition) is 0. The maximum Gasteiger partial charge on any atom is 0.339 e. The molecule has 1 aromatic rings. The molecule has 0 radical (unpaired) electrons. The Bertz CT molecular complexity index is 354. The van der Waals surface area contributed by atoms with Crippen LogP contribution in [-0.4, -0.2) is 18.1 Å². The molecular formula is C8H6Br3NO2.